The molecule has 2 heteroatoms. The van der Waals surface area contributed by atoms with Crippen LogP contribution in [-0.2, 0) is 12.8 Å². The minimum Gasteiger partial charge on any atom is -0.495 e. The SMILES string of the molecule is COc1cc(C)ccc1NC1Cc2ccccc2C1. The molecule has 2 nitrogen and oxygen atoms in total. The zero-order valence-electron chi connectivity index (χ0n) is 11.4. The molecule has 0 saturated heterocycles. The van der Waals surface area contributed by atoms with Crippen LogP contribution in [0.4, 0.5) is 5.69 Å². The van der Waals surface area contributed by atoms with E-state index in [1.165, 1.54) is 16.7 Å². The van der Waals surface area contributed by atoms with Gasteiger partial charge in [0.2, 0.25) is 0 Å². The van der Waals surface area contributed by atoms with Gasteiger partial charge >= 0.3 is 0 Å². The van der Waals surface area contributed by atoms with Crippen molar-refractivity contribution in [3.63, 3.8) is 0 Å². The predicted octanol–water partition coefficient (Wildman–Crippen LogP) is 3.58. The van der Waals surface area contributed by atoms with Crippen molar-refractivity contribution in [3.8, 4) is 5.75 Å². The van der Waals surface area contributed by atoms with Gasteiger partial charge in [-0.3, -0.25) is 0 Å². The van der Waals surface area contributed by atoms with Gasteiger partial charge in [-0.25, -0.2) is 0 Å². The largest absolute Gasteiger partial charge is 0.495 e. The molecule has 19 heavy (non-hydrogen) atoms. The Morgan fingerprint density at radius 3 is 2.37 bits per heavy atom. The highest BCUT2D eigenvalue weighted by molar-refractivity contribution is 5.59. The Morgan fingerprint density at radius 2 is 1.74 bits per heavy atom. The van der Waals surface area contributed by atoms with Gasteiger partial charge in [0.25, 0.3) is 0 Å². The van der Waals surface area contributed by atoms with Gasteiger partial charge in [-0.15, -0.1) is 0 Å². The number of aryl methyl sites for hydroxylation is 1. The molecule has 0 aliphatic heterocycles. The van der Waals surface area contributed by atoms with Gasteiger partial charge in [0.15, 0.2) is 0 Å². The van der Waals surface area contributed by atoms with E-state index in [1.807, 2.05) is 0 Å². The topological polar surface area (TPSA) is 21.3 Å². The Kier molecular flexibility index (Phi) is 3.16. The fourth-order valence-electron chi connectivity index (χ4n) is 2.80. The van der Waals surface area contributed by atoms with E-state index in [0.29, 0.717) is 6.04 Å². The van der Waals surface area contributed by atoms with Crippen molar-refractivity contribution in [1.29, 1.82) is 0 Å². The summed E-state index contributed by atoms with van der Waals surface area (Å²) in [6.07, 6.45) is 2.18. The third-order valence-electron chi connectivity index (χ3n) is 3.77. The van der Waals surface area contributed by atoms with Crippen molar-refractivity contribution in [3.05, 3.63) is 59.2 Å². The average molecular weight is 253 g/mol. The summed E-state index contributed by atoms with van der Waals surface area (Å²) >= 11 is 0. The second kappa shape index (κ2) is 4.96. The molecular formula is C17H19NO. The lowest BCUT2D eigenvalue weighted by Gasteiger charge is -2.17. The van der Waals surface area contributed by atoms with Crippen molar-refractivity contribution in [2.24, 2.45) is 0 Å². The Balaban J connectivity index is 1.77. The fraction of sp³-hybridized carbons (Fsp3) is 0.294. The third kappa shape index (κ3) is 2.43. The number of rotatable bonds is 3. The van der Waals surface area contributed by atoms with Gasteiger partial charge in [-0.2, -0.15) is 0 Å². The maximum atomic E-state index is 5.45. The Bertz CT molecular complexity index is 567. The molecule has 98 valence electrons. The molecule has 0 amide bonds. The molecule has 0 heterocycles. The molecule has 0 spiro atoms. The molecule has 1 aliphatic rings. The van der Waals surface area contributed by atoms with E-state index < -0.39 is 0 Å². The summed E-state index contributed by atoms with van der Waals surface area (Å²) in [6.45, 7) is 2.08. The van der Waals surface area contributed by atoms with E-state index in [0.717, 1.165) is 24.3 Å². The number of methoxy groups -OCH3 is 1. The molecule has 3 rings (SSSR count). The molecule has 0 unspecified atom stereocenters. The summed E-state index contributed by atoms with van der Waals surface area (Å²) in [5.74, 6) is 0.927. The first kappa shape index (κ1) is 12.1. The minimum atomic E-state index is 0.467. The molecule has 0 bridgehead atoms. The maximum absolute atomic E-state index is 5.45. The summed E-state index contributed by atoms with van der Waals surface area (Å²) in [5.41, 5.74) is 5.24. The van der Waals surface area contributed by atoms with Crippen LogP contribution in [0, 0.1) is 6.92 Å². The summed E-state index contributed by atoms with van der Waals surface area (Å²) in [6, 6.07) is 15.5. The Labute approximate surface area is 114 Å². The number of nitrogens with one attached hydrogen (secondary N) is 1. The first-order valence-electron chi connectivity index (χ1n) is 6.74. The van der Waals surface area contributed by atoms with E-state index >= 15 is 0 Å². The Hall–Kier alpha value is -1.96. The van der Waals surface area contributed by atoms with Crippen LogP contribution in [0.5, 0.6) is 5.75 Å². The van der Waals surface area contributed by atoms with Crippen molar-refractivity contribution in [2.75, 3.05) is 12.4 Å². The number of ether oxygens (including phenoxy) is 1. The van der Waals surface area contributed by atoms with Crippen LogP contribution in [0.1, 0.15) is 16.7 Å². The van der Waals surface area contributed by atoms with Crippen LogP contribution >= 0.6 is 0 Å². The first-order valence-corrected chi connectivity index (χ1v) is 6.74. The normalized spacial score (nSPS) is 14.2. The maximum Gasteiger partial charge on any atom is 0.142 e. The van der Waals surface area contributed by atoms with Crippen molar-refractivity contribution < 1.29 is 4.74 Å². The number of fused-ring (bicyclic) bond motifs is 1. The van der Waals surface area contributed by atoms with Crippen LogP contribution in [-0.4, -0.2) is 13.2 Å². The fourth-order valence-corrected chi connectivity index (χ4v) is 2.80. The predicted molar refractivity (Wildman–Crippen MR) is 79.0 cm³/mol. The molecule has 0 fully saturated rings. The van der Waals surface area contributed by atoms with E-state index in [9.17, 15) is 0 Å². The van der Waals surface area contributed by atoms with Crippen LogP contribution in [0.25, 0.3) is 0 Å². The minimum absolute atomic E-state index is 0.467. The smallest absolute Gasteiger partial charge is 0.142 e. The highest BCUT2D eigenvalue weighted by Gasteiger charge is 2.21. The van der Waals surface area contributed by atoms with Crippen LogP contribution in [0.2, 0.25) is 0 Å². The molecular weight excluding hydrogens is 234 g/mol. The average Bonchev–Trinajstić information content (AvgIpc) is 2.83. The number of hydrogen-bond donors (Lipinski definition) is 1. The number of benzene rings is 2. The Morgan fingerprint density at radius 1 is 1.05 bits per heavy atom. The summed E-state index contributed by atoms with van der Waals surface area (Å²) < 4.78 is 5.45. The van der Waals surface area contributed by atoms with E-state index in [4.69, 9.17) is 4.74 Å². The second-order valence-corrected chi connectivity index (χ2v) is 5.22. The summed E-state index contributed by atoms with van der Waals surface area (Å²) in [7, 11) is 1.73. The lowest BCUT2D eigenvalue weighted by Crippen LogP contribution is -2.19. The highest BCUT2D eigenvalue weighted by atomic mass is 16.5. The highest BCUT2D eigenvalue weighted by Crippen LogP contribution is 2.29. The number of hydrogen-bond acceptors (Lipinski definition) is 2. The van der Waals surface area contributed by atoms with Gasteiger partial charge in [0, 0.05) is 6.04 Å². The molecule has 1 aliphatic carbocycles. The van der Waals surface area contributed by atoms with E-state index in [1.54, 1.807) is 7.11 Å². The lowest BCUT2D eigenvalue weighted by atomic mass is 10.1. The molecule has 2 aromatic carbocycles. The van der Waals surface area contributed by atoms with E-state index in [-0.39, 0.29) is 0 Å². The molecule has 0 aromatic heterocycles. The lowest BCUT2D eigenvalue weighted by molar-refractivity contribution is 0.415. The molecule has 1 N–H and O–H groups in total. The van der Waals surface area contributed by atoms with Gasteiger partial charge < -0.3 is 10.1 Å². The zero-order chi connectivity index (χ0) is 13.2. The van der Waals surface area contributed by atoms with Crippen molar-refractivity contribution >= 4 is 5.69 Å². The van der Waals surface area contributed by atoms with Crippen molar-refractivity contribution in [1.82, 2.24) is 0 Å². The monoisotopic (exact) mass is 253 g/mol. The molecule has 0 atom stereocenters. The summed E-state index contributed by atoms with van der Waals surface area (Å²) in [4.78, 5) is 0. The van der Waals surface area contributed by atoms with Crippen LogP contribution < -0.4 is 10.1 Å². The third-order valence-corrected chi connectivity index (χ3v) is 3.77. The summed E-state index contributed by atoms with van der Waals surface area (Å²) in [5, 5.41) is 3.61. The van der Waals surface area contributed by atoms with Crippen molar-refractivity contribution in [2.45, 2.75) is 25.8 Å². The van der Waals surface area contributed by atoms with Crippen LogP contribution in [0.3, 0.4) is 0 Å². The molecule has 0 radical (unpaired) electrons. The molecule has 0 saturated carbocycles. The van der Waals surface area contributed by atoms with Gasteiger partial charge in [-0.1, -0.05) is 30.3 Å². The van der Waals surface area contributed by atoms with Gasteiger partial charge in [-0.05, 0) is 48.6 Å². The first-order chi connectivity index (χ1) is 9.26. The standard InChI is InChI=1S/C17H19NO/c1-12-7-8-16(17(9-12)19-2)18-15-10-13-5-3-4-6-14(13)11-15/h3-9,15,18H,10-11H2,1-2H3. The van der Waals surface area contributed by atoms with Crippen LogP contribution in [0.15, 0.2) is 42.5 Å². The van der Waals surface area contributed by atoms with E-state index in [2.05, 4.69) is 54.7 Å². The number of anilines is 1. The zero-order valence-corrected chi connectivity index (χ0v) is 11.4. The molecule has 2 aromatic rings. The second-order valence-electron chi connectivity index (χ2n) is 5.22. The van der Waals surface area contributed by atoms with Gasteiger partial charge in [0.05, 0.1) is 12.8 Å². The quantitative estimate of drug-likeness (QED) is 0.902. The van der Waals surface area contributed by atoms with Gasteiger partial charge in [0.1, 0.15) is 5.75 Å².